The second-order valence-corrected chi connectivity index (χ2v) is 7.95. The lowest BCUT2D eigenvalue weighted by Gasteiger charge is -2.34. The molecule has 0 bridgehead atoms. The minimum Gasteiger partial charge on any atom is -0.469 e. The molecule has 23 heavy (non-hydrogen) atoms. The van der Waals surface area contributed by atoms with E-state index in [-0.39, 0.29) is 41.5 Å². The largest absolute Gasteiger partial charge is 0.469 e. The van der Waals surface area contributed by atoms with Gasteiger partial charge in [0.25, 0.3) is 0 Å². The van der Waals surface area contributed by atoms with E-state index in [0.717, 1.165) is 12.8 Å². The van der Waals surface area contributed by atoms with E-state index in [9.17, 15) is 14.4 Å². The molecule has 1 rings (SSSR count). The van der Waals surface area contributed by atoms with Gasteiger partial charge in [0.15, 0.2) is 5.78 Å². The molecule has 1 saturated heterocycles. The number of carbonyl (C=O) groups is 3. The Morgan fingerprint density at radius 1 is 1.17 bits per heavy atom. The van der Waals surface area contributed by atoms with Crippen molar-refractivity contribution in [3.8, 4) is 0 Å². The van der Waals surface area contributed by atoms with Gasteiger partial charge in [-0.3, -0.25) is 14.4 Å². The van der Waals surface area contributed by atoms with Crippen LogP contribution < -0.4 is 0 Å². The van der Waals surface area contributed by atoms with Gasteiger partial charge in [-0.15, -0.1) is 0 Å². The molecule has 0 N–H and O–H groups in total. The first-order valence-electron chi connectivity index (χ1n) is 8.48. The van der Waals surface area contributed by atoms with Gasteiger partial charge in [-0.1, -0.05) is 34.6 Å². The molecule has 0 aromatic rings. The van der Waals surface area contributed by atoms with E-state index in [1.165, 1.54) is 7.11 Å². The highest BCUT2D eigenvalue weighted by atomic mass is 16.5. The predicted molar refractivity (Wildman–Crippen MR) is 88.8 cm³/mol. The topological polar surface area (TPSA) is 63.7 Å². The summed E-state index contributed by atoms with van der Waals surface area (Å²) in [5, 5.41) is 0. The van der Waals surface area contributed by atoms with E-state index >= 15 is 0 Å². The minimum absolute atomic E-state index is 0.0560. The van der Waals surface area contributed by atoms with Crippen molar-refractivity contribution in [1.82, 2.24) is 4.90 Å². The molecular formula is C18H31NO4. The lowest BCUT2D eigenvalue weighted by atomic mass is 9.77. The lowest BCUT2D eigenvalue weighted by molar-refractivity contribution is -0.151. The van der Waals surface area contributed by atoms with Crippen molar-refractivity contribution in [1.29, 1.82) is 0 Å². The zero-order valence-electron chi connectivity index (χ0n) is 15.3. The summed E-state index contributed by atoms with van der Waals surface area (Å²) in [6, 6.07) is -0.326. The maximum atomic E-state index is 13.0. The highest BCUT2D eigenvalue weighted by Crippen LogP contribution is 2.33. The summed E-state index contributed by atoms with van der Waals surface area (Å²) >= 11 is 0. The van der Waals surface area contributed by atoms with Crippen LogP contribution in [0.25, 0.3) is 0 Å². The summed E-state index contributed by atoms with van der Waals surface area (Å²) in [4.78, 5) is 38.8. The standard InChI is InChI=1S/C18H31NO4/c1-12(2)10-15(20)14-8-7-9-19(14)17(22)13(18(3,4)5)11-16(21)23-6/h12-14H,7-11H2,1-6H3. The average molecular weight is 325 g/mol. The number of ether oxygens (including phenoxy) is 1. The Kier molecular flexibility index (Phi) is 6.78. The molecule has 5 heteroatoms. The van der Waals surface area contributed by atoms with Crippen LogP contribution in [0.4, 0.5) is 0 Å². The smallest absolute Gasteiger partial charge is 0.306 e. The number of amides is 1. The van der Waals surface area contributed by atoms with Gasteiger partial charge in [-0.25, -0.2) is 0 Å². The number of carbonyl (C=O) groups excluding carboxylic acids is 3. The van der Waals surface area contributed by atoms with Crippen molar-refractivity contribution in [2.75, 3.05) is 13.7 Å². The number of likely N-dealkylation sites (tertiary alicyclic amines) is 1. The Balaban J connectivity index is 2.93. The van der Waals surface area contributed by atoms with Crippen LogP contribution in [-0.4, -0.2) is 42.3 Å². The van der Waals surface area contributed by atoms with Crippen LogP contribution in [0.1, 0.15) is 60.3 Å². The summed E-state index contributed by atoms with van der Waals surface area (Å²) in [5.41, 5.74) is -0.362. The number of esters is 1. The van der Waals surface area contributed by atoms with Crippen LogP contribution >= 0.6 is 0 Å². The maximum Gasteiger partial charge on any atom is 0.306 e. The fraction of sp³-hybridized carbons (Fsp3) is 0.833. The number of rotatable bonds is 6. The van der Waals surface area contributed by atoms with Crippen LogP contribution in [0.2, 0.25) is 0 Å². The van der Waals surface area contributed by atoms with E-state index in [2.05, 4.69) is 0 Å². The monoisotopic (exact) mass is 325 g/mol. The quantitative estimate of drug-likeness (QED) is 0.704. The molecule has 1 aliphatic rings. The molecule has 132 valence electrons. The number of ketones is 1. The number of hydrogen-bond acceptors (Lipinski definition) is 4. The molecule has 5 nitrogen and oxygen atoms in total. The van der Waals surface area contributed by atoms with E-state index in [1.807, 2.05) is 34.6 Å². The van der Waals surface area contributed by atoms with Gasteiger partial charge in [0.2, 0.25) is 5.91 Å². The van der Waals surface area contributed by atoms with Gasteiger partial charge in [-0.05, 0) is 24.2 Å². The third-order valence-corrected chi connectivity index (χ3v) is 4.46. The fourth-order valence-electron chi connectivity index (χ4n) is 3.12. The van der Waals surface area contributed by atoms with Crippen molar-refractivity contribution in [2.45, 2.75) is 66.3 Å². The molecule has 0 spiro atoms. The Morgan fingerprint density at radius 3 is 2.26 bits per heavy atom. The molecule has 1 heterocycles. The second kappa shape index (κ2) is 7.93. The highest BCUT2D eigenvalue weighted by Gasteiger charge is 2.41. The van der Waals surface area contributed by atoms with Crippen molar-refractivity contribution in [3.63, 3.8) is 0 Å². The second-order valence-electron chi connectivity index (χ2n) is 7.95. The maximum absolute atomic E-state index is 13.0. The van der Waals surface area contributed by atoms with Crippen LogP contribution in [0.15, 0.2) is 0 Å². The first kappa shape index (κ1) is 19.7. The number of hydrogen-bond donors (Lipinski definition) is 0. The van der Waals surface area contributed by atoms with Crippen molar-refractivity contribution in [3.05, 3.63) is 0 Å². The van der Waals surface area contributed by atoms with Gasteiger partial charge < -0.3 is 9.64 Å². The van der Waals surface area contributed by atoms with Crippen LogP contribution in [0.5, 0.6) is 0 Å². The fourth-order valence-corrected chi connectivity index (χ4v) is 3.12. The molecule has 0 aromatic carbocycles. The minimum atomic E-state index is -0.470. The molecule has 0 aliphatic carbocycles. The lowest BCUT2D eigenvalue weighted by Crippen LogP contribution is -2.47. The average Bonchev–Trinajstić information content (AvgIpc) is 2.91. The van der Waals surface area contributed by atoms with E-state index in [1.54, 1.807) is 4.90 Å². The summed E-state index contributed by atoms with van der Waals surface area (Å²) in [6.07, 6.45) is 2.12. The van der Waals surface area contributed by atoms with E-state index < -0.39 is 5.92 Å². The highest BCUT2D eigenvalue weighted by molar-refractivity contribution is 5.92. The molecular weight excluding hydrogens is 294 g/mol. The summed E-state index contributed by atoms with van der Waals surface area (Å²) in [6.45, 7) is 10.4. The van der Waals surface area contributed by atoms with E-state index in [0.29, 0.717) is 13.0 Å². The summed E-state index contributed by atoms with van der Waals surface area (Å²) in [5.74, 6) is -0.530. The van der Waals surface area contributed by atoms with Gasteiger partial charge in [0, 0.05) is 13.0 Å². The summed E-state index contributed by atoms with van der Waals surface area (Å²) in [7, 11) is 1.33. The SMILES string of the molecule is COC(=O)CC(C(=O)N1CCCC1C(=O)CC(C)C)C(C)(C)C. The molecule has 1 amide bonds. The molecule has 1 aliphatic heterocycles. The first-order valence-corrected chi connectivity index (χ1v) is 8.48. The number of methoxy groups -OCH3 is 1. The molecule has 0 aromatic heterocycles. The van der Waals surface area contributed by atoms with Gasteiger partial charge in [0.1, 0.15) is 0 Å². The number of nitrogens with zero attached hydrogens (tertiary/aromatic N) is 1. The normalized spacial score (nSPS) is 19.8. The molecule has 1 fully saturated rings. The molecule has 2 atom stereocenters. The van der Waals surface area contributed by atoms with Crippen molar-refractivity contribution >= 4 is 17.7 Å². The third-order valence-electron chi connectivity index (χ3n) is 4.46. The number of Topliss-reactive ketones (excluding diaryl/α,β-unsaturated/α-hetero) is 1. The molecule has 0 saturated carbocycles. The zero-order chi connectivity index (χ0) is 17.8. The Labute approximate surface area is 139 Å². The zero-order valence-corrected chi connectivity index (χ0v) is 15.3. The van der Waals surface area contributed by atoms with Gasteiger partial charge in [0.05, 0.1) is 25.5 Å². The van der Waals surface area contributed by atoms with Crippen LogP contribution in [-0.2, 0) is 19.1 Å². The first-order chi connectivity index (χ1) is 10.6. The van der Waals surface area contributed by atoms with Crippen molar-refractivity contribution in [2.24, 2.45) is 17.3 Å². The van der Waals surface area contributed by atoms with Gasteiger partial charge >= 0.3 is 5.97 Å². The predicted octanol–water partition coefficient (Wildman–Crippen LogP) is 2.82. The molecule has 0 radical (unpaired) electrons. The van der Waals surface area contributed by atoms with E-state index in [4.69, 9.17) is 4.74 Å². The summed E-state index contributed by atoms with van der Waals surface area (Å²) < 4.78 is 4.74. The Morgan fingerprint density at radius 2 is 1.78 bits per heavy atom. The Bertz CT molecular complexity index is 450. The van der Waals surface area contributed by atoms with Crippen molar-refractivity contribution < 1.29 is 19.1 Å². The third kappa shape index (κ3) is 5.33. The van der Waals surface area contributed by atoms with Crippen LogP contribution in [0.3, 0.4) is 0 Å². The van der Waals surface area contributed by atoms with Crippen LogP contribution in [0, 0.1) is 17.3 Å². The molecule has 2 unspecified atom stereocenters. The Hall–Kier alpha value is -1.39. The van der Waals surface area contributed by atoms with Gasteiger partial charge in [-0.2, -0.15) is 0 Å².